The fourth-order valence-electron chi connectivity index (χ4n) is 3.96. The van der Waals surface area contributed by atoms with Crippen molar-refractivity contribution in [1.82, 2.24) is 19.9 Å². The minimum Gasteiger partial charge on any atom is -0.493 e. The number of likely N-dealkylation sites (tertiary alicyclic amines) is 1. The number of nitrogens with zero attached hydrogens (tertiary/aromatic N) is 3. The number of aromatic amines is 1. The molecule has 3 aromatic rings. The number of ether oxygens (including phenoxy) is 2. The number of nitrogens with one attached hydrogen (secondary N) is 1. The first kappa shape index (κ1) is 20.1. The molecule has 4 rings (SSSR count). The van der Waals surface area contributed by atoms with Crippen LogP contribution in [0.5, 0.6) is 11.5 Å². The maximum Gasteiger partial charge on any atom is 0.251 e. The second kappa shape index (κ2) is 9.09. The highest BCUT2D eigenvalue weighted by atomic mass is 16.5. The van der Waals surface area contributed by atoms with E-state index in [1.165, 1.54) is 5.56 Å². The molecular formula is C23H26N4O3. The first-order valence-corrected chi connectivity index (χ1v) is 10.1. The van der Waals surface area contributed by atoms with Crippen molar-refractivity contribution < 1.29 is 9.47 Å². The first-order chi connectivity index (χ1) is 14.7. The number of aromatic nitrogens is 3. The molecular weight excluding hydrogens is 380 g/mol. The van der Waals surface area contributed by atoms with Crippen LogP contribution in [-0.4, -0.2) is 47.2 Å². The van der Waals surface area contributed by atoms with E-state index in [1.54, 1.807) is 32.7 Å². The topological polar surface area (TPSA) is 80.3 Å². The molecule has 0 spiro atoms. The van der Waals surface area contributed by atoms with Gasteiger partial charge in [0.25, 0.3) is 5.56 Å². The number of benzene rings is 1. The Morgan fingerprint density at radius 2 is 1.77 bits per heavy atom. The molecule has 0 unspecified atom stereocenters. The molecule has 3 heterocycles. The summed E-state index contributed by atoms with van der Waals surface area (Å²) in [7, 11) is 3.30. The highest BCUT2D eigenvalue weighted by Gasteiger charge is 2.23. The predicted molar refractivity (Wildman–Crippen MR) is 115 cm³/mol. The van der Waals surface area contributed by atoms with Gasteiger partial charge in [-0.3, -0.25) is 14.7 Å². The van der Waals surface area contributed by atoms with Crippen molar-refractivity contribution in [1.29, 1.82) is 0 Å². The molecule has 2 aromatic heterocycles. The number of methoxy groups -OCH3 is 2. The molecule has 1 fully saturated rings. The van der Waals surface area contributed by atoms with Crippen LogP contribution in [0, 0.1) is 0 Å². The van der Waals surface area contributed by atoms with E-state index in [0.29, 0.717) is 5.82 Å². The fraction of sp³-hybridized carbons (Fsp3) is 0.348. The Morgan fingerprint density at radius 3 is 2.47 bits per heavy atom. The van der Waals surface area contributed by atoms with Crippen molar-refractivity contribution in [2.24, 2.45) is 0 Å². The monoisotopic (exact) mass is 406 g/mol. The van der Waals surface area contributed by atoms with E-state index in [0.717, 1.165) is 55.2 Å². The molecule has 0 bridgehead atoms. The van der Waals surface area contributed by atoms with Crippen LogP contribution >= 0.6 is 0 Å². The number of pyridine rings is 1. The normalized spacial score (nSPS) is 15.1. The maximum absolute atomic E-state index is 12.2. The zero-order valence-electron chi connectivity index (χ0n) is 17.3. The van der Waals surface area contributed by atoms with Crippen molar-refractivity contribution in [2.45, 2.75) is 25.3 Å². The number of piperidine rings is 1. The third-order valence-electron chi connectivity index (χ3n) is 5.58. The molecule has 30 heavy (non-hydrogen) atoms. The Labute approximate surface area is 175 Å². The summed E-state index contributed by atoms with van der Waals surface area (Å²) in [5.74, 6) is 2.38. The summed E-state index contributed by atoms with van der Waals surface area (Å²) < 4.78 is 10.7. The summed E-state index contributed by atoms with van der Waals surface area (Å²) in [6.45, 7) is 2.77. The van der Waals surface area contributed by atoms with E-state index in [9.17, 15) is 4.79 Å². The zero-order chi connectivity index (χ0) is 20.9. The third-order valence-corrected chi connectivity index (χ3v) is 5.58. The molecule has 1 aromatic carbocycles. The summed E-state index contributed by atoms with van der Waals surface area (Å²) >= 11 is 0. The summed E-state index contributed by atoms with van der Waals surface area (Å²) in [5.41, 5.74) is 2.83. The van der Waals surface area contributed by atoms with Crippen molar-refractivity contribution in [3.63, 3.8) is 0 Å². The first-order valence-electron chi connectivity index (χ1n) is 10.1. The van der Waals surface area contributed by atoms with Gasteiger partial charge in [0.15, 0.2) is 11.5 Å². The largest absolute Gasteiger partial charge is 0.493 e. The second-order valence-corrected chi connectivity index (χ2v) is 7.49. The van der Waals surface area contributed by atoms with Crippen molar-refractivity contribution in [2.75, 3.05) is 27.3 Å². The Kier molecular flexibility index (Phi) is 6.09. The molecule has 0 aliphatic carbocycles. The predicted octanol–water partition coefficient (Wildman–Crippen LogP) is 3.23. The molecule has 0 saturated carbocycles. The minimum absolute atomic E-state index is 0.112. The number of H-pyrrole nitrogens is 1. The van der Waals surface area contributed by atoms with Crippen LogP contribution in [0.25, 0.3) is 11.4 Å². The molecule has 156 valence electrons. The van der Waals surface area contributed by atoms with Crippen LogP contribution in [0.3, 0.4) is 0 Å². The lowest BCUT2D eigenvalue weighted by molar-refractivity contribution is 0.203. The summed E-state index contributed by atoms with van der Waals surface area (Å²) in [6.07, 6.45) is 5.35. The van der Waals surface area contributed by atoms with E-state index in [2.05, 4.69) is 20.9 Å². The van der Waals surface area contributed by atoms with Crippen LogP contribution < -0.4 is 15.0 Å². The number of hydrogen-bond donors (Lipinski definition) is 1. The highest BCUT2D eigenvalue weighted by molar-refractivity contribution is 5.53. The quantitative estimate of drug-likeness (QED) is 0.677. The lowest BCUT2D eigenvalue weighted by atomic mass is 9.93. The van der Waals surface area contributed by atoms with Gasteiger partial charge in [-0.15, -0.1) is 0 Å². The average molecular weight is 406 g/mol. The van der Waals surface area contributed by atoms with Gasteiger partial charge in [0.2, 0.25) is 0 Å². The Bertz CT molecular complexity index is 1040. The van der Waals surface area contributed by atoms with Crippen LogP contribution in [0.4, 0.5) is 0 Å². The lowest BCUT2D eigenvalue weighted by Gasteiger charge is -2.31. The summed E-state index contributed by atoms with van der Waals surface area (Å²) in [4.78, 5) is 26.2. The maximum atomic E-state index is 12.2. The van der Waals surface area contributed by atoms with Gasteiger partial charge in [0.05, 0.1) is 19.9 Å². The zero-order valence-corrected chi connectivity index (χ0v) is 17.3. The number of rotatable bonds is 6. The lowest BCUT2D eigenvalue weighted by Crippen LogP contribution is -2.33. The van der Waals surface area contributed by atoms with Crippen LogP contribution in [0.2, 0.25) is 0 Å². The molecule has 7 heteroatoms. The Balaban J connectivity index is 1.43. The summed E-state index contributed by atoms with van der Waals surface area (Å²) in [6, 6.07) is 11.4. The van der Waals surface area contributed by atoms with Gasteiger partial charge in [-0.25, -0.2) is 4.98 Å². The molecule has 0 amide bonds. The van der Waals surface area contributed by atoms with Crippen molar-refractivity contribution >= 4 is 0 Å². The van der Waals surface area contributed by atoms with Crippen LogP contribution in [0.15, 0.2) is 53.6 Å². The molecule has 7 nitrogen and oxygen atoms in total. The molecule has 1 aliphatic rings. The van der Waals surface area contributed by atoms with Gasteiger partial charge in [0, 0.05) is 36.5 Å². The van der Waals surface area contributed by atoms with Crippen molar-refractivity contribution in [3.05, 3.63) is 70.4 Å². The average Bonchev–Trinajstić information content (AvgIpc) is 2.79. The molecule has 0 radical (unpaired) electrons. The van der Waals surface area contributed by atoms with Gasteiger partial charge in [-0.05, 0) is 55.8 Å². The smallest absolute Gasteiger partial charge is 0.251 e. The fourth-order valence-corrected chi connectivity index (χ4v) is 3.96. The SMILES string of the molecule is COc1ccc(CN2CCC(c3cc(=O)[nH]c(-c4ccncc4)n3)CC2)cc1OC. The third kappa shape index (κ3) is 4.52. The molecule has 1 N–H and O–H groups in total. The van der Waals surface area contributed by atoms with E-state index < -0.39 is 0 Å². The molecule has 1 saturated heterocycles. The van der Waals surface area contributed by atoms with Crippen LogP contribution in [-0.2, 0) is 6.54 Å². The van der Waals surface area contributed by atoms with E-state index in [-0.39, 0.29) is 11.5 Å². The van der Waals surface area contributed by atoms with Gasteiger partial charge >= 0.3 is 0 Å². The summed E-state index contributed by atoms with van der Waals surface area (Å²) in [5, 5.41) is 0. The Hall–Kier alpha value is -3.19. The van der Waals surface area contributed by atoms with E-state index in [1.807, 2.05) is 24.3 Å². The van der Waals surface area contributed by atoms with Gasteiger partial charge in [-0.2, -0.15) is 0 Å². The minimum atomic E-state index is -0.112. The standard InChI is InChI=1S/C23H26N4O3/c1-29-20-4-3-16(13-21(20)30-2)15-27-11-7-17(8-12-27)19-14-22(28)26-23(25-19)18-5-9-24-10-6-18/h3-6,9-10,13-14,17H,7-8,11-12,15H2,1-2H3,(H,25,26,28). The molecule has 1 aliphatic heterocycles. The van der Waals surface area contributed by atoms with Gasteiger partial charge in [-0.1, -0.05) is 6.07 Å². The van der Waals surface area contributed by atoms with E-state index >= 15 is 0 Å². The Morgan fingerprint density at radius 1 is 1.03 bits per heavy atom. The van der Waals surface area contributed by atoms with E-state index in [4.69, 9.17) is 14.5 Å². The number of hydrogen-bond acceptors (Lipinski definition) is 6. The van der Waals surface area contributed by atoms with Crippen LogP contribution in [0.1, 0.15) is 30.0 Å². The molecule has 0 atom stereocenters. The van der Waals surface area contributed by atoms with Gasteiger partial charge < -0.3 is 14.5 Å². The van der Waals surface area contributed by atoms with Gasteiger partial charge in [0.1, 0.15) is 5.82 Å². The highest BCUT2D eigenvalue weighted by Crippen LogP contribution is 2.30. The van der Waals surface area contributed by atoms with Crippen molar-refractivity contribution in [3.8, 4) is 22.9 Å². The second-order valence-electron chi connectivity index (χ2n) is 7.49.